The Morgan fingerprint density at radius 1 is 1.20 bits per heavy atom. The molecule has 112 valence electrons. The van der Waals surface area contributed by atoms with Gasteiger partial charge in [0.1, 0.15) is 11.6 Å². The Kier molecular flexibility index (Phi) is 5.31. The maximum Gasteiger partial charge on any atom is 0.133 e. The van der Waals surface area contributed by atoms with E-state index in [9.17, 15) is 0 Å². The van der Waals surface area contributed by atoms with Gasteiger partial charge in [-0.25, -0.2) is 9.97 Å². The molecule has 1 saturated carbocycles. The van der Waals surface area contributed by atoms with Gasteiger partial charge in [0.05, 0.1) is 0 Å². The first kappa shape index (κ1) is 15.2. The highest BCUT2D eigenvalue weighted by molar-refractivity contribution is 5.39. The second-order valence-corrected chi connectivity index (χ2v) is 5.83. The standard InChI is InChI=1S/C15H24N4.H3N/c1-16-13-8-10-19(11-13)14-7-9-17-15(18-14)12-5-3-2-4-6-12;/h7,9,12-13,16H,2-6,8,10-11H2,1H3;1H3/t13-;/m1./s1. The van der Waals surface area contributed by atoms with Gasteiger partial charge in [0.15, 0.2) is 0 Å². The van der Waals surface area contributed by atoms with Crippen molar-refractivity contribution >= 4 is 5.82 Å². The lowest BCUT2D eigenvalue weighted by Crippen LogP contribution is -2.30. The summed E-state index contributed by atoms with van der Waals surface area (Å²) in [5, 5.41) is 3.36. The number of likely N-dealkylation sites (N-methyl/N-ethyl adjacent to an activating group) is 1. The minimum absolute atomic E-state index is 0. The van der Waals surface area contributed by atoms with Crippen LogP contribution in [0, 0.1) is 0 Å². The Morgan fingerprint density at radius 2 is 2.00 bits per heavy atom. The van der Waals surface area contributed by atoms with Crippen molar-refractivity contribution in [2.45, 2.75) is 50.5 Å². The predicted octanol–water partition coefficient (Wildman–Crippen LogP) is 2.48. The first-order chi connectivity index (χ1) is 9.36. The summed E-state index contributed by atoms with van der Waals surface area (Å²) in [5.41, 5.74) is 0. The second-order valence-electron chi connectivity index (χ2n) is 5.83. The molecule has 0 radical (unpaired) electrons. The third-order valence-corrected chi connectivity index (χ3v) is 4.55. The summed E-state index contributed by atoms with van der Waals surface area (Å²) in [6, 6.07) is 2.66. The third kappa shape index (κ3) is 3.27. The van der Waals surface area contributed by atoms with Crippen LogP contribution in [0.4, 0.5) is 5.82 Å². The van der Waals surface area contributed by atoms with Crippen molar-refractivity contribution in [1.82, 2.24) is 21.4 Å². The summed E-state index contributed by atoms with van der Waals surface area (Å²) in [6.45, 7) is 2.17. The van der Waals surface area contributed by atoms with Gasteiger partial charge in [-0.1, -0.05) is 19.3 Å². The Balaban J connectivity index is 0.00000147. The van der Waals surface area contributed by atoms with E-state index in [0.29, 0.717) is 12.0 Å². The average molecular weight is 277 g/mol. The molecule has 0 aromatic carbocycles. The van der Waals surface area contributed by atoms with Gasteiger partial charge >= 0.3 is 0 Å². The zero-order valence-corrected chi connectivity index (χ0v) is 12.5. The number of aromatic nitrogens is 2. The van der Waals surface area contributed by atoms with Crippen molar-refractivity contribution in [3.63, 3.8) is 0 Å². The highest BCUT2D eigenvalue weighted by atomic mass is 15.2. The van der Waals surface area contributed by atoms with Crippen LogP contribution in [0.2, 0.25) is 0 Å². The Labute approximate surface area is 121 Å². The number of nitrogens with zero attached hydrogens (tertiary/aromatic N) is 3. The SMILES string of the molecule is CN[C@@H]1CCN(c2ccnc(C3CCCCC3)n2)C1.N. The van der Waals surface area contributed by atoms with Crippen LogP contribution in [-0.4, -0.2) is 36.1 Å². The fraction of sp³-hybridized carbons (Fsp3) is 0.733. The minimum atomic E-state index is 0. The van der Waals surface area contributed by atoms with Crippen molar-refractivity contribution in [2.75, 3.05) is 25.0 Å². The summed E-state index contributed by atoms with van der Waals surface area (Å²) in [6.07, 6.45) is 9.74. The molecule has 0 amide bonds. The Bertz CT molecular complexity index is 416. The monoisotopic (exact) mass is 277 g/mol. The van der Waals surface area contributed by atoms with Crippen LogP contribution in [0.5, 0.6) is 0 Å². The second kappa shape index (κ2) is 6.99. The summed E-state index contributed by atoms with van der Waals surface area (Å²) >= 11 is 0. The molecule has 2 heterocycles. The van der Waals surface area contributed by atoms with Crippen LogP contribution < -0.4 is 16.4 Å². The van der Waals surface area contributed by atoms with Crippen molar-refractivity contribution in [2.24, 2.45) is 0 Å². The van der Waals surface area contributed by atoms with E-state index in [2.05, 4.69) is 21.3 Å². The first-order valence-corrected chi connectivity index (χ1v) is 7.62. The van der Waals surface area contributed by atoms with E-state index in [1.807, 2.05) is 13.2 Å². The fourth-order valence-electron chi connectivity index (χ4n) is 3.30. The maximum atomic E-state index is 4.83. The maximum absolute atomic E-state index is 4.83. The van der Waals surface area contributed by atoms with E-state index in [0.717, 1.165) is 24.7 Å². The van der Waals surface area contributed by atoms with Crippen molar-refractivity contribution in [3.05, 3.63) is 18.1 Å². The fourth-order valence-corrected chi connectivity index (χ4v) is 3.30. The van der Waals surface area contributed by atoms with Gasteiger partial charge in [-0.3, -0.25) is 0 Å². The molecule has 3 rings (SSSR count). The summed E-state index contributed by atoms with van der Waals surface area (Å²) in [5.74, 6) is 2.79. The molecule has 1 aliphatic heterocycles. The van der Waals surface area contributed by atoms with E-state index in [1.165, 1.54) is 38.5 Å². The van der Waals surface area contributed by atoms with Crippen LogP contribution in [0.15, 0.2) is 12.3 Å². The molecular weight excluding hydrogens is 250 g/mol. The molecule has 1 aliphatic carbocycles. The lowest BCUT2D eigenvalue weighted by Gasteiger charge is -2.22. The van der Waals surface area contributed by atoms with Gasteiger partial charge in [-0.05, 0) is 32.4 Å². The number of nitrogens with one attached hydrogen (secondary N) is 1. The van der Waals surface area contributed by atoms with E-state index < -0.39 is 0 Å². The smallest absolute Gasteiger partial charge is 0.133 e. The van der Waals surface area contributed by atoms with Gasteiger partial charge in [-0.15, -0.1) is 0 Å². The van der Waals surface area contributed by atoms with Crippen molar-refractivity contribution < 1.29 is 0 Å². The molecule has 4 N–H and O–H groups in total. The molecular formula is C15H27N5. The zero-order chi connectivity index (χ0) is 13.1. The van der Waals surface area contributed by atoms with E-state index >= 15 is 0 Å². The molecule has 1 aromatic rings. The zero-order valence-electron chi connectivity index (χ0n) is 12.5. The molecule has 1 saturated heterocycles. The normalized spacial score (nSPS) is 23.6. The molecule has 0 bridgehead atoms. The van der Waals surface area contributed by atoms with E-state index in [4.69, 9.17) is 4.98 Å². The first-order valence-electron chi connectivity index (χ1n) is 7.62. The topological polar surface area (TPSA) is 76.0 Å². The number of hydrogen-bond donors (Lipinski definition) is 2. The number of anilines is 1. The molecule has 20 heavy (non-hydrogen) atoms. The Morgan fingerprint density at radius 3 is 2.70 bits per heavy atom. The van der Waals surface area contributed by atoms with E-state index in [1.54, 1.807) is 0 Å². The third-order valence-electron chi connectivity index (χ3n) is 4.55. The molecule has 5 nitrogen and oxygen atoms in total. The van der Waals surface area contributed by atoms with Gasteiger partial charge in [0, 0.05) is 31.2 Å². The summed E-state index contributed by atoms with van der Waals surface area (Å²) in [7, 11) is 2.04. The molecule has 2 aliphatic rings. The molecule has 1 atom stereocenters. The van der Waals surface area contributed by atoms with Crippen LogP contribution >= 0.6 is 0 Å². The van der Waals surface area contributed by atoms with Crippen LogP contribution in [-0.2, 0) is 0 Å². The molecule has 0 unspecified atom stereocenters. The Hall–Kier alpha value is -1.20. The lowest BCUT2D eigenvalue weighted by atomic mass is 9.89. The van der Waals surface area contributed by atoms with E-state index in [-0.39, 0.29) is 6.15 Å². The molecule has 2 fully saturated rings. The highest BCUT2D eigenvalue weighted by Gasteiger charge is 2.24. The van der Waals surface area contributed by atoms with Crippen LogP contribution in [0.3, 0.4) is 0 Å². The largest absolute Gasteiger partial charge is 0.355 e. The molecule has 0 spiro atoms. The lowest BCUT2D eigenvalue weighted by molar-refractivity contribution is 0.428. The average Bonchev–Trinajstić information content (AvgIpc) is 2.97. The van der Waals surface area contributed by atoms with Gasteiger partial charge in [0.25, 0.3) is 0 Å². The van der Waals surface area contributed by atoms with Crippen LogP contribution in [0.1, 0.15) is 50.3 Å². The predicted molar refractivity (Wildman–Crippen MR) is 82.6 cm³/mol. The summed E-state index contributed by atoms with van der Waals surface area (Å²) < 4.78 is 0. The summed E-state index contributed by atoms with van der Waals surface area (Å²) in [4.78, 5) is 11.7. The van der Waals surface area contributed by atoms with Gasteiger partial charge in [-0.2, -0.15) is 0 Å². The highest BCUT2D eigenvalue weighted by Crippen LogP contribution is 2.31. The van der Waals surface area contributed by atoms with Gasteiger partial charge < -0.3 is 16.4 Å². The number of rotatable bonds is 3. The minimum Gasteiger partial charge on any atom is -0.355 e. The van der Waals surface area contributed by atoms with Gasteiger partial charge in [0.2, 0.25) is 0 Å². The van der Waals surface area contributed by atoms with Crippen molar-refractivity contribution in [3.8, 4) is 0 Å². The number of hydrogen-bond acceptors (Lipinski definition) is 5. The van der Waals surface area contributed by atoms with Crippen LogP contribution in [0.25, 0.3) is 0 Å². The molecule has 1 aromatic heterocycles. The quantitative estimate of drug-likeness (QED) is 0.887. The van der Waals surface area contributed by atoms with Crippen molar-refractivity contribution in [1.29, 1.82) is 0 Å². The molecule has 5 heteroatoms.